The summed E-state index contributed by atoms with van der Waals surface area (Å²) in [5.41, 5.74) is 5.37. The summed E-state index contributed by atoms with van der Waals surface area (Å²) < 4.78 is 32.9. The number of esters is 2. The predicted octanol–water partition coefficient (Wildman–Crippen LogP) is 19.4. The van der Waals surface area contributed by atoms with Gasteiger partial charge in [0.1, 0.15) is 6.61 Å². The summed E-state index contributed by atoms with van der Waals surface area (Å²) in [7, 11) is -4.42. The minimum Gasteiger partial charge on any atom is -0.462 e. The molecule has 0 aromatic carbocycles. The highest BCUT2D eigenvalue weighted by molar-refractivity contribution is 7.47. The molecule has 2 atom stereocenters. The fourth-order valence-corrected chi connectivity index (χ4v) is 7.90. The Kier molecular flexibility index (Phi) is 58.0. The van der Waals surface area contributed by atoms with Gasteiger partial charge in [0.15, 0.2) is 6.10 Å². The van der Waals surface area contributed by atoms with Gasteiger partial charge in [-0.15, -0.1) is 0 Å². The van der Waals surface area contributed by atoms with Gasteiger partial charge in [-0.05, 0) is 141 Å². The monoisotopic (exact) mass is 1110 g/mol. The lowest BCUT2D eigenvalue weighted by atomic mass is 10.1. The first kappa shape index (κ1) is 73.8. The van der Waals surface area contributed by atoms with Gasteiger partial charge in [-0.1, -0.05) is 234 Å². The molecule has 2 unspecified atom stereocenters. The maximum Gasteiger partial charge on any atom is 0.472 e. The summed E-state index contributed by atoms with van der Waals surface area (Å²) >= 11 is 0. The Morgan fingerprint density at radius 1 is 0.380 bits per heavy atom. The van der Waals surface area contributed by atoms with Crippen LogP contribution in [0.2, 0.25) is 0 Å². The Labute approximate surface area is 481 Å². The number of ether oxygens (including phenoxy) is 2. The number of phosphoric ester groups is 1. The smallest absolute Gasteiger partial charge is 0.462 e. The zero-order valence-corrected chi connectivity index (χ0v) is 49.9. The number of carbonyl (C=O) groups is 2. The molecule has 10 heteroatoms. The molecule has 0 aliphatic carbocycles. The number of rotatable bonds is 53. The second-order valence-corrected chi connectivity index (χ2v) is 20.2. The van der Waals surface area contributed by atoms with E-state index in [0.717, 1.165) is 154 Å². The molecule has 0 heterocycles. The quantitative estimate of drug-likeness (QED) is 0.0264. The lowest BCUT2D eigenvalue weighted by Gasteiger charge is -2.19. The molecule has 0 fully saturated rings. The third-order valence-corrected chi connectivity index (χ3v) is 12.5. The van der Waals surface area contributed by atoms with E-state index in [1.54, 1.807) is 0 Å². The van der Waals surface area contributed by atoms with Crippen LogP contribution in [0.25, 0.3) is 0 Å². The molecule has 0 rings (SSSR count). The SMILES string of the molecule is CC/C=C\C/C=C\C/C=C\C/C=C\C/C=C\C/C=C\C/C=C\C/C=C\C/C=C\C/C=C\C/C=C\C/C=C\CCCCC(=O)OC(COC(=O)CCCCCCCC/C=C\C/C=C\C/C=C\C/C=C\CC)COP(=O)(O)OCCN. The molecular weight excluding hydrogens is 1000 g/mol. The predicted molar refractivity (Wildman–Crippen MR) is 338 cm³/mol. The minimum absolute atomic E-state index is 0.0326. The lowest BCUT2D eigenvalue weighted by molar-refractivity contribution is -0.161. The van der Waals surface area contributed by atoms with E-state index in [2.05, 4.69) is 208 Å². The topological polar surface area (TPSA) is 134 Å². The van der Waals surface area contributed by atoms with Crippen molar-refractivity contribution in [3.05, 3.63) is 194 Å². The van der Waals surface area contributed by atoms with Gasteiger partial charge < -0.3 is 20.1 Å². The average Bonchev–Trinajstić information content (AvgIpc) is 3.44. The first-order valence-corrected chi connectivity index (χ1v) is 31.4. The number of phosphoric acid groups is 1. The Morgan fingerprint density at radius 3 is 1.00 bits per heavy atom. The summed E-state index contributed by atoms with van der Waals surface area (Å²) in [6.07, 6.45) is 94.9. The van der Waals surface area contributed by atoms with Gasteiger partial charge in [0.25, 0.3) is 0 Å². The van der Waals surface area contributed by atoms with E-state index in [4.69, 9.17) is 24.3 Å². The van der Waals surface area contributed by atoms with Crippen molar-refractivity contribution in [3.63, 3.8) is 0 Å². The summed E-state index contributed by atoms with van der Waals surface area (Å²) in [5, 5.41) is 0. The van der Waals surface area contributed by atoms with Gasteiger partial charge in [0.2, 0.25) is 0 Å². The van der Waals surface area contributed by atoms with Crippen LogP contribution in [0.3, 0.4) is 0 Å². The molecule has 0 bridgehead atoms. The van der Waals surface area contributed by atoms with Crippen molar-refractivity contribution in [3.8, 4) is 0 Å². The number of hydrogen-bond acceptors (Lipinski definition) is 8. The standard InChI is InChI=1S/C69H106NO8P/c1-3-5-7-9-11-13-15-17-19-21-23-24-25-26-27-28-29-30-31-32-33-34-35-36-37-38-39-40-41-42-44-46-48-50-52-54-56-58-60-62-69(72)78-67(66-77-79(73,74)76-64-63-70)65-75-68(71)61-59-57-55-53-51-49-47-45-43-22-20-18-16-14-12-10-8-6-4-2/h5-8,11-14,17-20,23-24,26-27,29-30,32-33,35-36,38-39,41-43,45-46,48,52,54,67H,3-4,9-10,15-16,21-22,25,28,31,34,37,40,44,47,49-51,53,55-66,70H2,1-2H3,(H,73,74)/b7-5-,8-6-,13-11-,14-12-,19-17-,20-18-,24-23-,27-26-,30-29-,33-32-,36-35-,39-38-,42-41-,45-43-,48-46-,54-52-. The first-order valence-electron chi connectivity index (χ1n) is 29.9. The molecule has 0 aliphatic heterocycles. The van der Waals surface area contributed by atoms with Crippen LogP contribution in [0.15, 0.2) is 194 Å². The van der Waals surface area contributed by atoms with Crippen LogP contribution >= 0.6 is 7.82 Å². The van der Waals surface area contributed by atoms with E-state index >= 15 is 0 Å². The van der Waals surface area contributed by atoms with Crippen molar-refractivity contribution in [2.75, 3.05) is 26.4 Å². The number of unbranched alkanes of at least 4 members (excludes halogenated alkanes) is 8. The average molecular weight is 1110 g/mol. The van der Waals surface area contributed by atoms with E-state index < -0.39 is 32.5 Å². The van der Waals surface area contributed by atoms with Crippen LogP contribution in [0, 0.1) is 0 Å². The van der Waals surface area contributed by atoms with Crippen LogP contribution in [0.4, 0.5) is 0 Å². The Bertz CT molecular complexity index is 1990. The maximum absolute atomic E-state index is 12.7. The molecule has 0 aliphatic rings. The number of allylic oxidation sites excluding steroid dienone is 32. The maximum atomic E-state index is 12.7. The second-order valence-electron chi connectivity index (χ2n) is 18.7. The van der Waals surface area contributed by atoms with Gasteiger partial charge in [-0.3, -0.25) is 18.6 Å². The number of nitrogens with two attached hydrogens (primary N) is 1. The van der Waals surface area contributed by atoms with Crippen molar-refractivity contribution in [2.45, 2.75) is 200 Å². The highest BCUT2D eigenvalue weighted by Gasteiger charge is 2.26. The van der Waals surface area contributed by atoms with Crippen molar-refractivity contribution >= 4 is 19.8 Å². The van der Waals surface area contributed by atoms with Crippen molar-refractivity contribution in [2.24, 2.45) is 5.73 Å². The third kappa shape index (κ3) is 61.9. The molecule has 79 heavy (non-hydrogen) atoms. The lowest BCUT2D eigenvalue weighted by Crippen LogP contribution is -2.29. The minimum atomic E-state index is -4.42. The summed E-state index contributed by atoms with van der Waals surface area (Å²) in [6.45, 7) is 3.41. The van der Waals surface area contributed by atoms with Crippen LogP contribution in [0.1, 0.15) is 194 Å². The number of carbonyl (C=O) groups excluding carboxylic acids is 2. The molecule has 0 radical (unpaired) electrons. The molecule has 0 amide bonds. The highest BCUT2D eigenvalue weighted by atomic mass is 31.2. The molecule has 3 N–H and O–H groups in total. The number of hydrogen-bond donors (Lipinski definition) is 2. The third-order valence-electron chi connectivity index (χ3n) is 11.5. The first-order chi connectivity index (χ1) is 38.8. The van der Waals surface area contributed by atoms with Crippen molar-refractivity contribution in [1.29, 1.82) is 0 Å². The van der Waals surface area contributed by atoms with Crippen LogP contribution < -0.4 is 5.73 Å². The largest absolute Gasteiger partial charge is 0.472 e. The summed E-state index contributed by atoms with van der Waals surface area (Å²) in [4.78, 5) is 35.2. The Balaban J connectivity index is 4.14. The molecule has 0 saturated heterocycles. The molecule has 9 nitrogen and oxygen atoms in total. The van der Waals surface area contributed by atoms with E-state index in [1.165, 1.54) is 0 Å². The normalized spacial score (nSPS) is 14.4. The highest BCUT2D eigenvalue weighted by Crippen LogP contribution is 2.43. The van der Waals surface area contributed by atoms with Gasteiger partial charge in [0.05, 0.1) is 13.2 Å². The Hall–Kier alpha value is -5.15. The second kappa shape index (κ2) is 62.1. The van der Waals surface area contributed by atoms with Crippen LogP contribution in [-0.2, 0) is 32.7 Å². The molecule has 0 spiro atoms. The Morgan fingerprint density at radius 2 is 0.658 bits per heavy atom. The fourth-order valence-electron chi connectivity index (χ4n) is 7.14. The summed E-state index contributed by atoms with van der Waals surface area (Å²) in [5.74, 6) is -0.914. The molecule has 0 aromatic heterocycles. The van der Waals surface area contributed by atoms with E-state index in [1.807, 2.05) is 0 Å². The van der Waals surface area contributed by atoms with Crippen LogP contribution in [-0.4, -0.2) is 49.3 Å². The molecule has 0 saturated carbocycles. The van der Waals surface area contributed by atoms with Gasteiger partial charge in [-0.2, -0.15) is 0 Å². The summed E-state index contributed by atoms with van der Waals surface area (Å²) in [6, 6.07) is 0. The molecule has 0 aromatic rings. The van der Waals surface area contributed by atoms with Crippen LogP contribution in [0.5, 0.6) is 0 Å². The molecule has 440 valence electrons. The zero-order valence-electron chi connectivity index (χ0n) is 49.0. The van der Waals surface area contributed by atoms with Gasteiger partial charge >= 0.3 is 19.8 Å². The van der Waals surface area contributed by atoms with Gasteiger partial charge in [0, 0.05) is 19.4 Å². The van der Waals surface area contributed by atoms with Gasteiger partial charge in [-0.25, -0.2) is 4.57 Å². The fraction of sp³-hybridized carbons (Fsp3) is 0.507. The van der Waals surface area contributed by atoms with Crippen molar-refractivity contribution in [1.82, 2.24) is 0 Å². The van der Waals surface area contributed by atoms with E-state index in [0.29, 0.717) is 12.8 Å². The molecular formula is C69H106NO8P. The van der Waals surface area contributed by atoms with E-state index in [-0.39, 0.29) is 32.6 Å². The van der Waals surface area contributed by atoms with E-state index in [9.17, 15) is 19.0 Å². The van der Waals surface area contributed by atoms with Crippen molar-refractivity contribution < 1.29 is 37.6 Å². The zero-order chi connectivity index (χ0) is 57.3.